The maximum atomic E-state index is 13.5. The molecule has 6 rings (SSSR count). The van der Waals surface area contributed by atoms with Gasteiger partial charge in [-0.3, -0.25) is 15.1 Å². The van der Waals surface area contributed by atoms with Crippen LogP contribution in [0.5, 0.6) is 0 Å². The number of fused-ring (bicyclic) bond motifs is 2. The molecular formula is C21H12FN7S. The summed E-state index contributed by atoms with van der Waals surface area (Å²) >= 11 is 1.06. The van der Waals surface area contributed by atoms with Crippen LogP contribution in [-0.2, 0) is 0 Å². The first-order chi connectivity index (χ1) is 14.8. The molecule has 0 bridgehead atoms. The van der Waals surface area contributed by atoms with E-state index in [4.69, 9.17) is 9.97 Å². The van der Waals surface area contributed by atoms with Gasteiger partial charge in [-0.15, -0.1) is 11.3 Å². The molecule has 0 spiro atoms. The number of imidazole rings is 1. The van der Waals surface area contributed by atoms with Gasteiger partial charge >= 0.3 is 0 Å². The first-order valence-corrected chi connectivity index (χ1v) is 9.94. The van der Waals surface area contributed by atoms with Crippen LogP contribution < -0.4 is 0 Å². The van der Waals surface area contributed by atoms with Gasteiger partial charge in [0.1, 0.15) is 11.0 Å². The highest BCUT2D eigenvalue weighted by Crippen LogP contribution is 2.33. The van der Waals surface area contributed by atoms with Crippen LogP contribution in [0.4, 0.5) is 4.39 Å². The predicted molar refractivity (Wildman–Crippen MR) is 113 cm³/mol. The summed E-state index contributed by atoms with van der Waals surface area (Å²) in [6, 6.07) is 12.7. The van der Waals surface area contributed by atoms with E-state index in [0.29, 0.717) is 22.6 Å². The van der Waals surface area contributed by atoms with Gasteiger partial charge in [-0.1, -0.05) is 6.07 Å². The summed E-state index contributed by atoms with van der Waals surface area (Å²) in [5.74, 6) is 0.563. The van der Waals surface area contributed by atoms with E-state index in [2.05, 4.69) is 25.1 Å². The zero-order chi connectivity index (χ0) is 20.1. The zero-order valence-corrected chi connectivity index (χ0v) is 16.1. The molecule has 9 heteroatoms. The molecule has 0 fully saturated rings. The Labute approximate surface area is 172 Å². The minimum Gasteiger partial charge on any atom is -0.335 e. The highest BCUT2D eigenvalue weighted by atomic mass is 32.1. The molecule has 0 radical (unpaired) electrons. The van der Waals surface area contributed by atoms with Crippen LogP contribution in [0.15, 0.2) is 61.1 Å². The average molecular weight is 413 g/mol. The van der Waals surface area contributed by atoms with Crippen LogP contribution in [0.3, 0.4) is 0 Å². The molecule has 0 unspecified atom stereocenters. The minimum atomic E-state index is -0.248. The molecule has 0 aliphatic heterocycles. The molecule has 0 saturated carbocycles. The first kappa shape index (κ1) is 16.9. The van der Waals surface area contributed by atoms with E-state index in [1.165, 1.54) is 6.07 Å². The van der Waals surface area contributed by atoms with Gasteiger partial charge in [0, 0.05) is 22.8 Å². The number of nitrogens with zero attached hydrogens (tertiary/aromatic N) is 5. The number of hydrogen-bond donors (Lipinski definition) is 2. The van der Waals surface area contributed by atoms with Crippen molar-refractivity contribution in [3.05, 3.63) is 66.2 Å². The number of rotatable bonds is 3. The molecule has 0 amide bonds. The molecular weight excluding hydrogens is 401 g/mol. The Bertz CT molecular complexity index is 1520. The fourth-order valence-electron chi connectivity index (χ4n) is 3.41. The van der Waals surface area contributed by atoms with Crippen LogP contribution in [0, 0.1) is 5.13 Å². The number of thiophene rings is 1. The molecule has 6 aromatic heterocycles. The third kappa shape index (κ3) is 2.67. The SMILES string of the molecule is Fc1ccc(-c2cncc3[nH]c(-c4n[nH]c5ccc(-c6ccccn6)nc45)nc23)s1. The number of aromatic amines is 2. The standard InChI is InChI=1S/C21H12FN7S/c22-17-7-6-16(30-17)11-9-23-10-15-18(11)27-21(26-15)20-19-14(28-29-20)5-4-13(25-19)12-3-1-2-8-24-12/h1-10H,(H,26,27)(H,28,29). The monoisotopic (exact) mass is 413 g/mol. The van der Waals surface area contributed by atoms with E-state index >= 15 is 0 Å². The van der Waals surface area contributed by atoms with E-state index in [0.717, 1.165) is 44.2 Å². The molecule has 6 heterocycles. The Balaban J connectivity index is 1.52. The van der Waals surface area contributed by atoms with Crippen molar-refractivity contribution in [2.45, 2.75) is 0 Å². The molecule has 0 aliphatic rings. The molecule has 2 N–H and O–H groups in total. The van der Waals surface area contributed by atoms with Gasteiger partial charge in [-0.05, 0) is 36.4 Å². The summed E-state index contributed by atoms with van der Waals surface area (Å²) in [5, 5.41) is 7.18. The molecule has 0 saturated heterocycles. The Kier molecular flexibility index (Phi) is 3.68. The smallest absolute Gasteiger partial charge is 0.176 e. The lowest BCUT2D eigenvalue weighted by atomic mass is 10.2. The van der Waals surface area contributed by atoms with E-state index in [1.54, 1.807) is 24.7 Å². The summed E-state index contributed by atoms with van der Waals surface area (Å²) in [7, 11) is 0. The maximum absolute atomic E-state index is 13.5. The fourth-order valence-corrected chi connectivity index (χ4v) is 4.15. The quantitative estimate of drug-likeness (QED) is 0.433. The van der Waals surface area contributed by atoms with Crippen molar-refractivity contribution in [3.63, 3.8) is 0 Å². The third-order valence-corrected chi connectivity index (χ3v) is 5.70. The summed E-state index contributed by atoms with van der Waals surface area (Å²) in [4.78, 5) is 22.2. The summed E-state index contributed by atoms with van der Waals surface area (Å²) in [6.07, 6.45) is 5.12. The van der Waals surface area contributed by atoms with Gasteiger partial charge < -0.3 is 4.98 Å². The van der Waals surface area contributed by atoms with Crippen molar-refractivity contribution in [3.8, 4) is 33.3 Å². The second-order valence-corrected chi connectivity index (χ2v) is 7.69. The van der Waals surface area contributed by atoms with E-state index < -0.39 is 0 Å². The number of halogens is 1. The van der Waals surface area contributed by atoms with Gasteiger partial charge in [0.2, 0.25) is 0 Å². The predicted octanol–water partition coefficient (Wildman–Crippen LogP) is 4.83. The second kappa shape index (κ2) is 6.53. The summed E-state index contributed by atoms with van der Waals surface area (Å²) in [6.45, 7) is 0. The lowest BCUT2D eigenvalue weighted by Gasteiger charge is -2.00. The Morgan fingerprint density at radius 1 is 0.867 bits per heavy atom. The minimum absolute atomic E-state index is 0.248. The van der Waals surface area contributed by atoms with Crippen molar-refractivity contribution in [1.29, 1.82) is 0 Å². The highest BCUT2D eigenvalue weighted by Gasteiger charge is 2.17. The average Bonchev–Trinajstić information content (AvgIpc) is 3.51. The Morgan fingerprint density at radius 3 is 2.67 bits per heavy atom. The van der Waals surface area contributed by atoms with E-state index in [1.807, 2.05) is 30.3 Å². The van der Waals surface area contributed by atoms with E-state index in [9.17, 15) is 4.39 Å². The molecule has 0 aliphatic carbocycles. The summed E-state index contributed by atoms with van der Waals surface area (Å²) in [5.41, 5.74) is 5.83. The van der Waals surface area contributed by atoms with Crippen molar-refractivity contribution in [2.24, 2.45) is 0 Å². The van der Waals surface area contributed by atoms with Crippen molar-refractivity contribution in [2.75, 3.05) is 0 Å². The van der Waals surface area contributed by atoms with Gasteiger partial charge in [-0.2, -0.15) is 9.49 Å². The third-order valence-electron chi connectivity index (χ3n) is 4.79. The largest absolute Gasteiger partial charge is 0.335 e. The normalized spacial score (nSPS) is 11.5. The van der Waals surface area contributed by atoms with Gasteiger partial charge in [0.25, 0.3) is 0 Å². The lowest BCUT2D eigenvalue weighted by Crippen LogP contribution is -1.88. The number of pyridine rings is 3. The van der Waals surface area contributed by atoms with E-state index in [-0.39, 0.29) is 5.13 Å². The van der Waals surface area contributed by atoms with Gasteiger partial charge in [0.05, 0.1) is 28.6 Å². The lowest BCUT2D eigenvalue weighted by molar-refractivity contribution is 0.657. The number of H-pyrrole nitrogens is 2. The topological polar surface area (TPSA) is 96.0 Å². The number of aromatic nitrogens is 7. The number of nitrogens with one attached hydrogen (secondary N) is 2. The first-order valence-electron chi connectivity index (χ1n) is 9.12. The van der Waals surface area contributed by atoms with Crippen molar-refractivity contribution < 1.29 is 4.39 Å². The van der Waals surface area contributed by atoms with Crippen molar-refractivity contribution in [1.82, 2.24) is 35.1 Å². The fraction of sp³-hybridized carbons (Fsp3) is 0. The van der Waals surface area contributed by atoms with Crippen LogP contribution in [0.25, 0.3) is 55.4 Å². The Hall–Kier alpha value is -3.98. The second-order valence-electron chi connectivity index (χ2n) is 6.65. The molecule has 0 atom stereocenters. The molecule has 30 heavy (non-hydrogen) atoms. The van der Waals surface area contributed by atoms with Gasteiger partial charge in [-0.25, -0.2) is 9.97 Å². The van der Waals surface area contributed by atoms with Crippen LogP contribution >= 0.6 is 11.3 Å². The van der Waals surface area contributed by atoms with Crippen LogP contribution in [-0.4, -0.2) is 35.1 Å². The highest BCUT2D eigenvalue weighted by molar-refractivity contribution is 7.14. The summed E-state index contributed by atoms with van der Waals surface area (Å²) < 4.78 is 13.5. The number of hydrogen-bond acceptors (Lipinski definition) is 6. The molecule has 7 nitrogen and oxygen atoms in total. The Morgan fingerprint density at radius 2 is 1.83 bits per heavy atom. The molecule has 144 valence electrons. The molecule has 6 aromatic rings. The maximum Gasteiger partial charge on any atom is 0.176 e. The zero-order valence-electron chi connectivity index (χ0n) is 15.3. The van der Waals surface area contributed by atoms with Crippen molar-refractivity contribution >= 4 is 33.4 Å². The van der Waals surface area contributed by atoms with Crippen LogP contribution in [0.1, 0.15) is 0 Å². The van der Waals surface area contributed by atoms with Gasteiger partial charge in [0.15, 0.2) is 16.6 Å². The molecule has 0 aromatic carbocycles. The van der Waals surface area contributed by atoms with Crippen LogP contribution in [0.2, 0.25) is 0 Å².